The van der Waals surface area contributed by atoms with Crippen LogP contribution in [0.15, 0.2) is 71.2 Å². The molecule has 37 heavy (non-hydrogen) atoms. The van der Waals surface area contributed by atoms with E-state index in [0.717, 1.165) is 45.8 Å². The summed E-state index contributed by atoms with van der Waals surface area (Å²) in [6.45, 7) is 11.0. The Bertz CT molecular complexity index is 1390. The average molecular weight is 566 g/mol. The Morgan fingerprint density at radius 3 is 2.38 bits per heavy atom. The first-order valence-electron chi connectivity index (χ1n) is 12.4. The summed E-state index contributed by atoms with van der Waals surface area (Å²) in [6, 6.07) is 21.7. The number of halogens is 2. The molecule has 0 saturated carbocycles. The lowest BCUT2D eigenvalue weighted by Crippen LogP contribution is -2.10. The van der Waals surface area contributed by atoms with E-state index >= 15 is 0 Å². The summed E-state index contributed by atoms with van der Waals surface area (Å²) in [5, 5.41) is 3.23. The number of hydrogen-bond donors (Lipinski definition) is 1. The molecule has 1 N–H and O–H groups in total. The van der Waals surface area contributed by atoms with Crippen LogP contribution in [-0.2, 0) is 11.2 Å². The van der Waals surface area contributed by atoms with Crippen molar-refractivity contribution in [2.75, 3.05) is 19.0 Å². The minimum atomic E-state index is -0.342. The number of rotatable bonds is 6. The Labute approximate surface area is 227 Å². The van der Waals surface area contributed by atoms with Gasteiger partial charge in [-0.1, -0.05) is 46.6 Å². The average Bonchev–Trinajstić information content (AvgIpc) is 3.27. The van der Waals surface area contributed by atoms with Crippen molar-refractivity contribution in [3.63, 3.8) is 0 Å². The first kappa shape index (κ1) is 28.2. The van der Waals surface area contributed by atoms with E-state index in [1.807, 2.05) is 38.1 Å². The Kier molecular flexibility index (Phi) is 9.70. The molecule has 6 heteroatoms. The van der Waals surface area contributed by atoms with Crippen LogP contribution < -0.4 is 5.32 Å². The van der Waals surface area contributed by atoms with Crippen LogP contribution >= 0.6 is 15.9 Å². The van der Waals surface area contributed by atoms with E-state index in [4.69, 9.17) is 4.74 Å². The maximum absolute atomic E-state index is 12.8. The molecule has 1 heterocycles. The Balaban J connectivity index is 0.000000319. The maximum Gasteiger partial charge on any atom is 0.340 e. The fourth-order valence-electron chi connectivity index (χ4n) is 4.21. The van der Waals surface area contributed by atoms with Gasteiger partial charge in [-0.15, -0.1) is 0 Å². The van der Waals surface area contributed by atoms with Gasteiger partial charge in [-0.2, -0.15) is 0 Å². The fourth-order valence-corrected chi connectivity index (χ4v) is 4.54. The minimum Gasteiger partial charge on any atom is -0.465 e. The van der Waals surface area contributed by atoms with E-state index in [1.54, 1.807) is 6.07 Å². The van der Waals surface area contributed by atoms with Crippen molar-refractivity contribution >= 4 is 27.6 Å². The van der Waals surface area contributed by atoms with Crippen molar-refractivity contribution in [1.29, 1.82) is 0 Å². The molecule has 3 aromatic carbocycles. The Hall–Kier alpha value is -3.38. The zero-order valence-electron chi connectivity index (χ0n) is 22.3. The molecule has 0 unspecified atom stereocenters. The molecular formula is C31H34BrFN2O2. The summed E-state index contributed by atoms with van der Waals surface area (Å²) >= 11 is 3.19. The van der Waals surface area contributed by atoms with Crippen LogP contribution in [0, 0.1) is 26.6 Å². The summed E-state index contributed by atoms with van der Waals surface area (Å²) in [4.78, 5) is 12.3. The molecular weight excluding hydrogens is 531 g/mol. The SMILES string of the molecule is CCNc1ccc(-n2c(C)ccc2-c2cc(C)ccc2C)cc1C(=O)OC.CCc1ccc(Br)cc1F. The third kappa shape index (κ3) is 6.69. The van der Waals surface area contributed by atoms with Gasteiger partial charge in [0.1, 0.15) is 5.82 Å². The number of anilines is 1. The number of ether oxygens (including phenoxy) is 1. The van der Waals surface area contributed by atoms with Gasteiger partial charge in [0.05, 0.1) is 18.4 Å². The van der Waals surface area contributed by atoms with E-state index in [-0.39, 0.29) is 11.8 Å². The third-order valence-electron chi connectivity index (χ3n) is 6.17. The van der Waals surface area contributed by atoms with E-state index in [9.17, 15) is 9.18 Å². The van der Waals surface area contributed by atoms with Crippen LogP contribution in [0.2, 0.25) is 0 Å². The van der Waals surface area contributed by atoms with Gasteiger partial charge < -0.3 is 14.6 Å². The summed E-state index contributed by atoms with van der Waals surface area (Å²) in [5.41, 5.74) is 8.88. The predicted molar refractivity (Wildman–Crippen MR) is 154 cm³/mol. The standard InChI is InChI=1S/C23H26N2O2.C8H8BrF/c1-6-24-21-11-10-18(14-20(21)23(26)27-5)25-17(4)9-12-22(25)19-13-15(2)7-8-16(19)3;1-2-6-3-4-7(9)5-8(6)10/h7-14,24H,6H2,1-5H3;3-5H,2H2,1H3. The Morgan fingerprint density at radius 2 is 1.73 bits per heavy atom. The molecule has 0 fully saturated rings. The number of methoxy groups -OCH3 is 1. The topological polar surface area (TPSA) is 43.3 Å². The largest absolute Gasteiger partial charge is 0.465 e. The number of esters is 1. The number of aryl methyl sites for hydroxylation is 4. The second kappa shape index (κ2) is 12.7. The lowest BCUT2D eigenvalue weighted by atomic mass is 10.0. The Morgan fingerprint density at radius 1 is 0.973 bits per heavy atom. The van der Waals surface area contributed by atoms with Gasteiger partial charge in [0, 0.05) is 33.6 Å². The molecule has 0 atom stereocenters. The van der Waals surface area contributed by atoms with Crippen molar-refractivity contribution in [1.82, 2.24) is 4.57 Å². The van der Waals surface area contributed by atoms with Crippen LogP contribution in [0.25, 0.3) is 16.9 Å². The molecule has 194 valence electrons. The van der Waals surface area contributed by atoms with Crippen LogP contribution in [0.1, 0.15) is 46.6 Å². The molecule has 4 rings (SSSR count). The molecule has 0 radical (unpaired) electrons. The predicted octanol–water partition coefficient (Wildman–Crippen LogP) is 8.44. The van der Waals surface area contributed by atoms with Crippen molar-refractivity contribution in [3.05, 3.63) is 105 Å². The molecule has 0 bridgehead atoms. The van der Waals surface area contributed by atoms with Gasteiger partial charge in [0.2, 0.25) is 0 Å². The lowest BCUT2D eigenvalue weighted by Gasteiger charge is -2.17. The molecule has 0 aliphatic carbocycles. The van der Waals surface area contributed by atoms with Gasteiger partial charge >= 0.3 is 5.97 Å². The number of carbonyl (C=O) groups is 1. The zero-order valence-corrected chi connectivity index (χ0v) is 23.9. The van der Waals surface area contributed by atoms with Gasteiger partial charge in [-0.05, 0) is 93.8 Å². The van der Waals surface area contributed by atoms with Crippen LogP contribution in [0.5, 0.6) is 0 Å². The van der Waals surface area contributed by atoms with Crippen LogP contribution in [0.4, 0.5) is 10.1 Å². The van der Waals surface area contributed by atoms with Gasteiger partial charge in [-0.3, -0.25) is 0 Å². The molecule has 4 aromatic rings. The monoisotopic (exact) mass is 564 g/mol. The smallest absolute Gasteiger partial charge is 0.340 e. The highest BCUT2D eigenvalue weighted by Gasteiger charge is 2.17. The summed E-state index contributed by atoms with van der Waals surface area (Å²) in [6.07, 6.45) is 0.749. The van der Waals surface area contributed by atoms with Crippen LogP contribution in [-0.4, -0.2) is 24.2 Å². The molecule has 0 aliphatic rings. The van der Waals surface area contributed by atoms with Gasteiger partial charge in [-0.25, -0.2) is 9.18 Å². The highest BCUT2D eigenvalue weighted by molar-refractivity contribution is 9.10. The second-order valence-electron chi connectivity index (χ2n) is 8.85. The number of carbonyl (C=O) groups excluding carboxylic acids is 1. The van der Waals surface area contributed by atoms with E-state index in [2.05, 4.69) is 76.9 Å². The van der Waals surface area contributed by atoms with E-state index in [0.29, 0.717) is 5.56 Å². The van der Waals surface area contributed by atoms with Crippen molar-refractivity contribution in [3.8, 4) is 16.9 Å². The number of nitrogens with one attached hydrogen (secondary N) is 1. The van der Waals surface area contributed by atoms with Crippen molar-refractivity contribution in [2.45, 2.75) is 41.0 Å². The number of benzene rings is 3. The second-order valence-corrected chi connectivity index (χ2v) is 9.77. The fraction of sp³-hybridized carbons (Fsp3) is 0.258. The normalized spacial score (nSPS) is 10.5. The first-order chi connectivity index (χ1) is 17.7. The molecule has 0 spiro atoms. The maximum atomic E-state index is 12.8. The first-order valence-corrected chi connectivity index (χ1v) is 13.2. The van der Waals surface area contributed by atoms with E-state index < -0.39 is 0 Å². The summed E-state index contributed by atoms with van der Waals surface area (Å²) < 4.78 is 20.8. The number of hydrogen-bond acceptors (Lipinski definition) is 3. The van der Waals surface area contributed by atoms with Gasteiger partial charge in [0.25, 0.3) is 0 Å². The van der Waals surface area contributed by atoms with Crippen molar-refractivity contribution in [2.24, 2.45) is 0 Å². The number of aromatic nitrogens is 1. The molecule has 1 aromatic heterocycles. The highest BCUT2D eigenvalue weighted by Crippen LogP contribution is 2.31. The van der Waals surface area contributed by atoms with Gasteiger partial charge in [0.15, 0.2) is 0 Å². The van der Waals surface area contributed by atoms with E-state index in [1.165, 1.54) is 29.9 Å². The minimum absolute atomic E-state index is 0.128. The number of nitrogens with zero attached hydrogens (tertiary/aromatic N) is 1. The third-order valence-corrected chi connectivity index (χ3v) is 6.67. The zero-order chi connectivity index (χ0) is 27.1. The lowest BCUT2D eigenvalue weighted by molar-refractivity contribution is 0.0602. The summed E-state index contributed by atoms with van der Waals surface area (Å²) in [5.74, 6) is -0.470. The molecule has 0 aliphatic heterocycles. The van der Waals surface area contributed by atoms with Crippen LogP contribution in [0.3, 0.4) is 0 Å². The van der Waals surface area contributed by atoms with Crippen molar-refractivity contribution < 1.29 is 13.9 Å². The highest BCUT2D eigenvalue weighted by atomic mass is 79.9. The summed E-state index contributed by atoms with van der Waals surface area (Å²) in [7, 11) is 1.41. The molecule has 4 nitrogen and oxygen atoms in total. The quantitative estimate of drug-likeness (QED) is 0.239. The molecule has 0 amide bonds. The molecule has 0 saturated heterocycles.